The molecule has 1 aromatic carbocycles. The number of hydrogen-bond donors (Lipinski definition) is 1. The van der Waals surface area contributed by atoms with Crippen molar-refractivity contribution in [1.29, 1.82) is 0 Å². The summed E-state index contributed by atoms with van der Waals surface area (Å²) in [7, 11) is 1.95. The molecule has 0 bridgehead atoms. The molecular formula is C14H17BrClN3. The van der Waals surface area contributed by atoms with Crippen molar-refractivity contribution in [2.45, 2.75) is 26.4 Å². The second kappa shape index (κ2) is 6.07. The maximum Gasteiger partial charge on any atom is 0.0760 e. The molecule has 5 heteroatoms. The van der Waals surface area contributed by atoms with E-state index in [0.717, 1.165) is 27.3 Å². The van der Waals surface area contributed by atoms with Crippen LogP contribution in [0.2, 0.25) is 5.02 Å². The lowest BCUT2D eigenvalue weighted by atomic mass is 9.98. The fourth-order valence-corrected chi connectivity index (χ4v) is 2.99. The highest BCUT2D eigenvalue weighted by Gasteiger charge is 2.22. The van der Waals surface area contributed by atoms with E-state index in [4.69, 9.17) is 11.6 Å². The van der Waals surface area contributed by atoms with Crippen LogP contribution in [0, 0.1) is 6.92 Å². The highest BCUT2D eigenvalue weighted by Crippen LogP contribution is 2.32. The maximum absolute atomic E-state index is 6.23. The standard InChI is InChI=1S/C14H17BrClN3/c1-4-19-14(11(15)8-18-19)13(17-3)10-6-5-7-12(16)9(10)2/h5-8,13,17H,4H2,1-3H3. The molecule has 0 aliphatic rings. The minimum Gasteiger partial charge on any atom is -0.308 e. The number of hydrogen-bond acceptors (Lipinski definition) is 2. The number of benzene rings is 1. The normalized spacial score (nSPS) is 12.7. The quantitative estimate of drug-likeness (QED) is 0.912. The molecule has 102 valence electrons. The van der Waals surface area contributed by atoms with Gasteiger partial charge < -0.3 is 5.32 Å². The smallest absolute Gasteiger partial charge is 0.0760 e. The van der Waals surface area contributed by atoms with Gasteiger partial charge in [-0.1, -0.05) is 23.7 Å². The molecule has 19 heavy (non-hydrogen) atoms. The number of nitrogens with one attached hydrogen (secondary N) is 1. The van der Waals surface area contributed by atoms with Crippen molar-refractivity contribution in [2.75, 3.05) is 7.05 Å². The van der Waals surface area contributed by atoms with Crippen molar-refractivity contribution in [1.82, 2.24) is 15.1 Å². The lowest BCUT2D eigenvalue weighted by Gasteiger charge is -2.21. The molecule has 0 saturated carbocycles. The van der Waals surface area contributed by atoms with Crippen LogP contribution in [0.15, 0.2) is 28.9 Å². The van der Waals surface area contributed by atoms with E-state index in [-0.39, 0.29) is 6.04 Å². The molecule has 1 N–H and O–H groups in total. The molecule has 0 fully saturated rings. The molecule has 2 rings (SSSR count). The zero-order valence-corrected chi connectivity index (χ0v) is 13.6. The molecule has 0 amide bonds. The van der Waals surface area contributed by atoms with Crippen molar-refractivity contribution in [2.24, 2.45) is 0 Å². The first-order valence-corrected chi connectivity index (χ1v) is 7.40. The molecular weight excluding hydrogens is 326 g/mol. The van der Waals surface area contributed by atoms with E-state index in [1.54, 1.807) is 0 Å². The van der Waals surface area contributed by atoms with Gasteiger partial charge in [-0.3, -0.25) is 4.68 Å². The first-order valence-electron chi connectivity index (χ1n) is 6.23. The van der Waals surface area contributed by atoms with Crippen LogP contribution >= 0.6 is 27.5 Å². The number of rotatable bonds is 4. The van der Waals surface area contributed by atoms with Gasteiger partial charge >= 0.3 is 0 Å². The third-order valence-electron chi connectivity index (χ3n) is 3.32. The van der Waals surface area contributed by atoms with E-state index < -0.39 is 0 Å². The number of halogens is 2. The Morgan fingerprint density at radius 1 is 1.47 bits per heavy atom. The Balaban J connectivity index is 2.56. The van der Waals surface area contributed by atoms with Gasteiger partial charge in [-0.05, 0) is 54.0 Å². The summed E-state index contributed by atoms with van der Waals surface area (Å²) in [5.41, 5.74) is 3.39. The predicted molar refractivity (Wildman–Crippen MR) is 82.7 cm³/mol. The Hall–Kier alpha value is -0.840. The van der Waals surface area contributed by atoms with E-state index in [2.05, 4.69) is 39.3 Å². The van der Waals surface area contributed by atoms with Crippen molar-refractivity contribution >= 4 is 27.5 Å². The summed E-state index contributed by atoms with van der Waals surface area (Å²) in [6, 6.07) is 6.06. The third-order valence-corrected chi connectivity index (χ3v) is 4.34. The highest BCUT2D eigenvalue weighted by atomic mass is 79.9. The van der Waals surface area contributed by atoms with Gasteiger partial charge in [0.15, 0.2) is 0 Å². The Kier molecular flexibility index (Phi) is 4.66. The van der Waals surface area contributed by atoms with E-state index in [1.165, 1.54) is 5.56 Å². The van der Waals surface area contributed by atoms with Crippen LogP contribution in [0.4, 0.5) is 0 Å². The fraction of sp³-hybridized carbons (Fsp3) is 0.357. The first-order chi connectivity index (χ1) is 9.10. The Bertz CT molecular complexity index is 580. The van der Waals surface area contributed by atoms with E-state index in [1.807, 2.05) is 37.0 Å². The van der Waals surface area contributed by atoms with Gasteiger partial charge in [-0.25, -0.2) is 0 Å². The van der Waals surface area contributed by atoms with E-state index in [9.17, 15) is 0 Å². The van der Waals surface area contributed by atoms with Gasteiger partial charge in [0.05, 0.1) is 22.4 Å². The Morgan fingerprint density at radius 3 is 2.84 bits per heavy atom. The summed E-state index contributed by atoms with van der Waals surface area (Å²) in [5.74, 6) is 0. The van der Waals surface area contributed by atoms with Crippen LogP contribution in [0.5, 0.6) is 0 Å². The summed E-state index contributed by atoms with van der Waals surface area (Å²) in [4.78, 5) is 0. The van der Waals surface area contributed by atoms with Gasteiger partial charge in [0, 0.05) is 11.6 Å². The van der Waals surface area contributed by atoms with Crippen molar-refractivity contribution < 1.29 is 0 Å². The van der Waals surface area contributed by atoms with Gasteiger partial charge in [0.25, 0.3) is 0 Å². The summed E-state index contributed by atoms with van der Waals surface area (Å²) >= 11 is 9.81. The van der Waals surface area contributed by atoms with Crippen molar-refractivity contribution in [3.8, 4) is 0 Å². The van der Waals surface area contributed by atoms with Crippen LogP contribution < -0.4 is 5.32 Å². The molecule has 0 aliphatic heterocycles. The van der Waals surface area contributed by atoms with Crippen LogP contribution in [0.1, 0.15) is 29.8 Å². The van der Waals surface area contributed by atoms with Gasteiger partial charge in [0.1, 0.15) is 0 Å². The summed E-state index contributed by atoms with van der Waals surface area (Å²) < 4.78 is 3.00. The summed E-state index contributed by atoms with van der Waals surface area (Å²) in [6.07, 6.45) is 1.84. The SMILES string of the molecule is CCn1ncc(Br)c1C(NC)c1cccc(Cl)c1C. The van der Waals surface area contributed by atoms with Crippen LogP contribution in [-0.2, 0) is 6.54 Å². The number of aryl methyl sites for hydroxylation is 1. The topological polar surface area (TPSA) is 29.9 Å². The minimum absolute atomic E-state index is 0.0653. The lowest BCUT2D eigenvalue weighted by molar-refractivity contribution is 0.560. The lowest BCUT2D eigenvalue weighted by Crippen LogP contribution is -2.22. The molecule has 1 unspecified atom stereocenters. The molecule has 0 aliphatic carbocycles. The van der Waals surface area contributed by atoms with Crippen LogP contribution in [-0.4, -0.2) is 16.8 Å². The number of aromatic nitrogens is 2. The minimum atomic E-state index is 0.0653. The second-order valence-electron chi connectivity index (χ2n) is 4.37. The van der Waals surface area contributed by atoms with Gasteiger partial charge in [0.2, 0.25) is 0 Å². The van der Waals surface area contributed by atoms with Crippen molar-refractivity contribution in [3.63, 3.8) is 0 Å². The van der Waals surface area contributed by atoms with Crippen molar-refractivity contribution in [3.05, 3.63) is 50.7 Å². The average Bonchev–Trinajstić information content (AvgIpc) is 2.77. The van der Waals surface area contributed by atoms with Crippen LogP contribution in [0.25, 0.3) is 0 Å². The zero-order chi connectivity index (χ0) is 14.0. The summed E-state index contributed by atoms with van der Waals surface area (Å²) in [6.45, 7) is 4.96. The molecule has 1 heterocycles. The molecule has 3 nitrogen and oxygen atoms in total. The van der Waals surface area contributed by atoms with E-state index in [0.29, 0.717) is 0 Å². The van der Waals surface area contributed by atoms with Gasteiger partial charge in [-0.2, -0.15) is 5.10 Å². The first kappa shape index (κ1) is 14.6. The highest BCUT2D eigenvalue weighted by molar-refractivity contribution is 9.10. The fourth-order valence-electron chi connectivity index (χ4n) is 2.29. The van der Waals surface area contributed by atoms with E-state index >= 15 is 0 Å². The second-order valence-corrected chi connectivity index (χ2v) is 5.63. The molecule has 0 saturated heterocycles. The molecule has 2 aromatic rings. The molecule has 0 radical (unpaired) electrons. The van der Waals surface area contributed by atoms with Gasteiger partial charge in [-0.15, -0.1) is 0 Å². The monoisotopic (exact) mass is 341 g/mol. The Labute approximate surface area is 127 Å². The molecule has 1 atom stereocenters. The van der Waals surface area contributed by atoms with Crippen LogP contribution in [0.3, 0.4) is 0 Å². The Morgan fingerprint density at radius 2 is 2.21 bits per heavy atom. The molecule has 1 aromatic heterocycles. The average molecular weight is 343 g/mol. The maximum atomic E-state index is 6.23. The largest absolute Gasteiger partial charge is 0.308 e. The zero-order valence-electron chi connectivity index (χ0n) is 11.2. The third kappa shape index (κ3) is 2.71. The molecule has 0 spiro atoms. The number of nitrogens with zero attached hydrogens (tertiary/aromatic N) is 2. The summed E-state index contributed by atoms with van der Waals surface area (Å²) in [5, 5.41) is 8.52. The predicted octanol–water partition coefficient (Wildman–Crippen LogP) is 3.94.